The number of esters is 1. The van der Waals surface area contributed by atoms with Gasteiger partial charge in [-0.05, 0) is 35.4 Å². The molecule has 0 aliphatic heterocycles. The first-order valence-corrected chi connectivity index (χ1v) is 6.12. The normalized spacial score (nSPS) is 10.7. The van der Waals surface area contributed by atoms with Gasteiger partial charge in [0, 0.05) is 6.07 Å². The number of ether oxygens (including phenoxy) is 1. The highest BCUT2D eigenvalue weighted by molar-refractivity contribution is 5.93. The molecule has 0 aliphatic carbocycles. The summed E-state index contributed by atoms with van der Waals surface area (Å²) in [7, 11) is 1.24. The molecule has 3 N–H and O–H groups in total. The van der Waals surface area contributed by atoms with Crippen LogP contribution in [0.2, 0.25) is 0 Å². The Morgan fingerprint density at radius 1 is 0.952 bits per heavy atom. The van der Waals surface area contributed by atoms with E-state index in [0.717, 1.165) is 0 Å². The maximum absolute atomic E-state index is 11.5. The van der Waals surface area contributed by atoms with Crippen molar-refractivity contribution in [1.29, 1.82) is 0 Å². The number of hydrogen-bond acceptors (Lipinski definition) is 5. The summed E-state index contributed by atoms with van der Waals surface area (Å²) in [6.07, 6.45) is 3.34. The minimum absolute atomic E-state index is 0.0457. The summed E-state index contributed by atoms with van der Waals surface area (Å²) >= 11 is 0. The van der Waals surface area contributed by atoms with Crippen molar-refractivity contribution < 1.29 is 24.9 Å². The molecule has 0 saturated carbocycles. The zero-order chi connectivity index (χ0) is 15.4. The minimum atomic E-state index is -0.627. The van der Waals surface area contributed by atoms with Gasteiger partial charge in [-0.2, -0.15) is 0 Å². The van der Waals surface area contributed by atoms with E-state index in [0.29, 0.717) is 11.1 Å². The zero-order valence-electron chi connectivity index (χ0n) is 11.3. The van der Waals surface area contributed by atoms with Gasteiger partial charge >= 0.3 is 5.97 Å². The minimum Gasteiger partial charge on any atom is -0.508 e. The molecule has 0 aromatic heterocycles. The standard InChI is InChI=1S/C16H14O5/c1-21-16(20)14-8-10(4-5-15(14)19)2-3-11-6-12(17)9-13(18)7-11/h2-9,17-19H,1H3/b3-2+. The van der Waals surface area contributed by atoms with Crippen LogP contribution in [-0.2, 0) is 4.74 Å². The first kappa shape index (κ1) is 14.5. The SMILES string of the molecule is COC(=O)c1cc(/C=C/c2cc(O)cc(O)c2)ccc1O. The highest BCUT2D eigenvalue weighted by atomic mass is 16.5. The summed E-state index contributed by atoms with van der Waals surface area (Å²) in [6, 6.07) is 8.70. The third-order valence-corrected chi connectivity index (χ3v) is 2.82. The van der Waals surface area contributed by atoms with E-state index in [2.05, 4.69) is 4.74 Å². The Hall–Kier alpha value is -2.95. The fraction of sp³-hybridized carbons (Fsp3) is 0.0625. The fourth-order valence-electron chi connectivity index (χ4n) is 1.84. The lowest BCUT2D eigenvalue weighted by Gasteiger charge is -2.04. The Balaban J connectivity index is 2.31. The summed E-state index contributed by atoms with van der Waals surface area (Å²) in [5.41, 5.74) is 1.33. The molecule has 5 nitrogen and oxygen atoms in total. The Morgan fingerprint density at radius 2 is 1.57 bits per heavy atom. The Morgan fingerprint density at radius 3 is 2.19 bits per heavy atom. The highest BCUT2D eigenvalue weighted by Crippen LogP contribution is 2.23. The molecule has 0 saturated heterocycles. The van der Waals surface area contributed by atoms with Crippen LogP contribution in [0.1, 0.15) is 21.5 Å². The van der Waals surface area contributed by atoms with Gasteiger partial charge in [0.1, 0.15) is 22.8 Å². The summed E-state index contributed by atoms with van der Waals surface area (Å²) < 4.78 is 4.58. The lowest BCUT2D eigenvalue weighted by Crippen LogP contribution is -2.01. The van der Waals surface area contributed by atoms with Crippen molar-refractivity contribution in [3.8, 4) is 17.2 Å². The van der Waals surface area contributed by atoms with Crippen LogP contribution >= 0.6 is 0 Å². The topological polar surface area (TPSA) is 87.0 Å². The molecule has 108 valence electrons. The molecule has 2 rings (SSSR count). The number of phenols is 3. The molecule has 5 heteroatoms. The molecule has 21 heavy (non-hydrogen) atoms. The van der Waals surface area contributed by atoms with Crippen LogP contribution in [-0.4, -0.2) is 28.4 Å². The van der Waals surface area contributed by atoms with E-state index in [9.17, 15) is 20.1 Å². The van der Waals surface area contributed by atoms with E-state index in [1.807, 2.05) is 0 Å². The van der Waals surface area contributed by atoms with Gasteiger partial charge in [-0.25, -0.2) is 4.79 Å². The first-order valence-electron chi connectivity index (χ1n) is 6.12. The first-order chi connectivity index (χ1) is 9.99. The molecular formula is C16H14O5. The molecule has 0 bridgehead atoms. The number of rotatable bonds is 3. The average Bonchev–Trinajstić information content (AvgIpc) is 2.44. The van der Waals surface area contributed by atoms with Crippen LogP contribution in [0.15, 0.2) is 36.4 Å². The number of carbonyl (C=O) groups is 1. The molecule has 0 atom stereocenters. The van der Waals surface area contributed by atoms with Crippen LogP contribution in [0.25, 0.3) is 12.2 Å². The number of phenolic OH excluding ortho intramolecular Hbond substituents is 3. The number of carbonyl (C=O) groups excluding carboxylic acids is 1. The lowest BCUT2D eigenvalue weighted by atomic mass is 10.1. The summed E-state index contributed by atoms with van der Waals surface area (Å²) in [6.45, 7) is 0. The molecule has 0 fully saturated rings. The maximum Gasteiger partial charge on any atom is 0.341 e. The number of hydrogen-bond donors (Lipinski definition) is 3. The predicted octanol–water partition coefficient (Wildman–Crippen LogP) is 2.76. The third-order valence-electron chi connectivity index (χ3n) is 2.82. The largest absolute Gasteiger partial charge is 0.508 e. The van der Waals surface area contributed by atoms with Gasteiger partial charge in [-0.1, -0.05) is 18.2 Å². The van der Waals surface area contributed by atoms with Gasteiger partial charge in [-0.3, -0.25) is 0 Å². The second kappa shape index (κ2) is 6.00. The van der Waals surface area contributed by atoms with Crippen molar-refractivity contribution in [2.75, 3.05) is 7.11 Å². The fourth-order valence-corrected chi connectivity index (χ4v) is 1.84. The van der Waals surface area contributed by atoms with Crippen LogP contribution in [0.5, 0.6) is 17.2 Å². The van der Waals surface area contributed by atoms with E-state index >= 15 is 0 Å². The van der Waals surface area contributed by atoms with E-state index in [1.54, 1.807) is 18.2 Å². The number of methoxy groups -OCH3 is 1. The number of aromatic hydroxyl groups is 3. The quantitative estimate of drug-likeness (QED) is 0.596. The molecule has 0 aliphatic rings. The Bertz CT molecular complexity index is 684. The molecule has 0 radical (unpaired) electrons. The van der Waals surface area contributed by atoms with Gasteiger partial charge in [0.05, 0.1) is 7.11 Å². The van der Waals surface area contributed by atoms with Crippen molar-refractivity contribution in [3.63, 3.8) is 0 Å². The molecule has 0 spiro atoms. The van der Waals surface area contributed by atoms with Gasteiger partial charge in [0.15, 0.2) is 0 Å². The molecule has 0 heterocycles. The van der Waals surface area contributed by atoms with Crippen LogP contribution in [0.4, 0.5) is 0 Å². The second-order valence-electron chi connectivity index (χ2n) is 4.38. The summed E-state index contributed by atoms with van der Waals surface area (Å²) in [5.74, 6) is -0.877. The van der Waals surface area contributed by atoms with E-state index in [4.69, 9.17) is 0 Å². The summed E-state index contributed by atoms with van der Waals surface area (Å²) in [5, 5.41) is 28.4. The summed E-state index contributed by atoms with van der Waals surface area (Å²) in [4.78, 5) is 11.5. The zero-order valence-corrected chi connectivity index (χ0v) is 11.3. The van der Waals surface area contributed by atoms with Crippen molar-refractivity contribution >= 4 is 18.1 Å². The Kier molecular flexibility index (Phi) is 4.13. The Labute approximate surface area is 121 Å². The van der Waals surface area contributed by atoms with Crippen LogP contribution < -0.4 is 0 Å². The number of benzene rings is 2. The van der Waals surface area contributed by atoms with Crippen molar-refractivity contribution in [2.45, 2.75) is 0 Å². The van der Waals surface area contributed by atoms with Gasteiger partial charge in [0.25, 0.3) is 0 Å². The van der Waals surface area contributed by atoms with Gasteiger partial charge < -0.3 is 20.1 Å². The lowest BCUT2D eigenvalue weighted by molar-refractivity contribution is 0.0597. The molecule has 2 aromatic rings. The monoisotopic (exact) mass is 286 g/mol. The third kappa shape index (κ3) is 3.54. The van der Waals surface area contributed by atoms with E-state index < -0.39 is 5.97 Å². The highest BCUT2D eigenvalue weighted by Gasteiger charge is 2.11. The molecular weight excluding hydrogens is 272 g/mol. The molecule has 0 amide bonds. The van der Waals surface area contributed by atoms with Crippen molar-refractivity contribution in [2.24, 2.45) is 0 Å². The predicted molar refractivity (Wildman–Crippen MR) is 78.1 cm³/mol. The van der Waals surface area contributed by atoms with Crippen LogP contribution in [0, 0.1) is 0 Å². The molecule has 2 aromatic carbocycles. The molecule has 0 unspecified atom stereocenters. The van der Waals surface area contributed by atoms with E-state index in [1.165, 1.54) is 37.4 Å². The van der Waals surface area contributed by atoms with Gasteiger partial charge in [-0.15, -0.1) is 0 Å². The van der Waals surface area contributed by atoms with E-state index in [-0.39, 0.29) is 22.8 Å². The smallest absolute Gasteiger partial charge is 0.341 e. The van der Waals surface area contributed by atoms with Crippen molar-refractivity contribution in [3.05, 3.63) is 53.1 Å². The van der Waals surface area contributed by atoms with Crippen molar-refractivity contribution in [1.82, 2.24) is 0 Å². The maximum atomic E-state index is 11.5. The van der Waals surface area contributed by atoms with Gasteiger partial charge in [0.2, 0.25) is 0 Å². The van der Waals surface area contributed by atoms with Crippen LogP contribution in [0.3, 0.4) is 0 Å². The average molecular weight is 286 g/mol. The second-order valence-corrected chi connectivity index (χ2v) is 4.38.